The Bertz CT molecular complexity index is 545. The van der Waals surface area contributed by atoms with Crippen LogP contribution in [0.5, 0.6) is 0 Å². The highest BCUT2D eigenvalue weighted by molar-refractivity contribution is 7.89. The van der Waals surface area contributed by atoms with Gasteiger partial charge >= 0.3 is 5.97 Å². The number of carbonyl (C=O) groups excluding carboxylic acids is 1. The molecule has 2 heterocycles. The monoisotopic (exact) mass is 288 g/mol. The predicted octanol–water partition coefficient (Wildman–Crippen LogP) is 0.0965. The van der Waals surface area contributed by atoms with Crippen molar-refractivity contribution in [1.82, 2.24) is 10.0 Å². The maximum Gasteiger partial charge on any atom is 0.374 e. The van der Waals surface area contributed by atoms with E-state index in [1.54, 1.807) is 0 Å². The van der Waals surface area contributed by atoms with Crippen molar-refractivity contribution in [2.24, 2.45) is 0 Å². The van der Waals surface area contributed by atoms with Crippen LogP contribution in [0.3, 0.4) is 0 Å². The molecule has 1 aliphatic heterocycles. The van der Waals surface area contributed by atoms with Crippen molar-refractivity contribution in [3.05, 3.63) is 17.9 Å². The quantitative estimate of drug-likeness (QED) is 0.762. The first kappa shape index (κ1) is 14.0. The average Bonchev–Trinajstić information content (AvgIpc) is 2.89. The van der Waals surface area contributed by atoms with Crippen LogP contribution in [0.4, 0.5) is 0 Å². The first-order valence-corrected chi connectivity index (χ1v) is 7.42. The molecule has 1 fully saturated rings. The molecule has 0 spiro atoms. The van der Waals surface area contributed by atoms with Crippen molar-refractivity contribution in [3.8, 4) is 0 Å². The summed E-state index contributed by atoms with van der Waals surface area (Å²) in [5.41, 5.74) is 0. The number of sulfonamides is 1. The summed E-state index contributed by atoms with van der Waals surface area (Å²) in [6.07, 6.45) is 1.69. The minimum Gasteiger partial charge on any atom is -0.463 e. The summed E-state index contributed by atoms with van der Waals surface area (Å²) in [7, 11) is -2.55. The maximum atomic E-state index is 12.0. The molecule has 0 bridgehead atoms. The smallest absolute Gasteiger partial charge is 0.374 e. The van der Waals surface area contributed by atoms with E-state index in [-0.39, 0.29) is 16.9 Å². The fourth-order valence-electron chi connectivity index (χ4n) is 1.90. The molecule has 1 aromatic heterocycles. The second-order valence-corrected chi connectivity index (χ2v) is 5.92. The molecule has 0 amide bonds. The van der Waals surface area contributed by atoms with Crippen LogP contribution in [0.25, 0.3) is 0 Å². The van der Waals surface area contributed by atoms with Gasteiger partial charge in [0, 0.05) is 12.6 Å². The van der Waals surface area contributed by atoms with Gasteiger partial charge in [-0.25, -0.2) is 17.9 Å². The molecule has 1 aromatic rings. The number of piperidine rings is 1. The third-order valence-electron chi connectivity index (χ3n) is 2.85. The van der Waals surface area contributed by atoms with Gasteiger partial charge in [0.15, 0.2) is 0 Å². The van der Waals surface area contributed by atoms with E-state index in [1.807, 2.05) is 0 Å². The van der Waals surface area contributed by atoms with E-state index >= 15 is 0 Å². The van der Waals surface area contributed by atoms with Crippen LogP contribution < -0.4 is 10.0 Å². The lowest BCUT2D eigenvalue weighted by Crippen LogP contribution is -2.45. The zero-order chi connectivity index (χ0) is 13.9. The zero-order valence-electron chi connectivity index (χ0n) is 10.5. The molecule has 8 heteroatoms. The Morgan fingerprint density at radius 3 is 2.95 bits per heavy atom. The Kier molecular flexibility index (Phi) is 4.23. The molecule has 106 valence electrons. The molecule has 7 nitrogen and oxygen atoms in total. The van der Waals surface area contributed by atoms with Gasteiger partial charge in [0.1, 0.15) is 0 Å². The lowest BCUT2D eigenvalue weighted by atomic mass is 10.1. The Morgan fingerprint density at radius 1 is 1.53 bits per heavy atom. The molecule has 1 aliphatic rings. The second kappa shape index (κ2) is 5.72. The van der Waals surface area contributed by atoms with Gasteiger partial charge in [-0.1, -0.05) is 0 Å². The van der Waals surface area contributed by atoms with E-state index in [9.17, 15) is 13.2 Å². The number of carbonyl (C=O) groups is 1. The molecule has 2 N–H and O–H groups in total. The SMILES string of the molecule is COC(=O)c1ccc(S(=O)(=O)NC2CCCNC2)o1. The van der Waals surface area contributed by atoms with Gasteiger partial charge in [0.25, 0.3) is 10.0 Å². The molecule has 19 heavy (non-hydrogen) atoms. The summed E-state index contributed by atoms with van der Waals surface area (Å²) >= 11 is 0. The van der Waals surface area contributed by atoms with Crippen molar-refractivity contribution in [3.63, 3.8) is 0 Å². The molecule has 1 unspecified atom stereocenters. The first-order valence-electron chi connectivity index (χ1n) is 5.94. The third kappa shape index (κ3) is 3.34. The van der Waals surface area contributed by atoms with Gasteiger partial charge in [-0.15, -0.1) is 0 Å². The lowest BCUT2D eigenvalue weighted by Gasteiger charge is -2.22. The van der Waals surface area contributed by atoms with Crippen molar-refractivity contribution >= 4 is 16.0 Å². The lowest BCUT2D eigenvalue weighted by molar-refractivity contribution is 0.0559. The Hall–Kier alpha value is -1.38. The van der Waals surface area contributed by atoms with E-state index in [0.29, 0.717) is 6.54 Å². The van der Waals surface area contributed by atoms with E-state index in [4.69, 9.17) is 4.42 Å². The summed E-state index contributed by atoms with van der Waals surface area (Å²) < 4.78 is 36.1. The highest BCUT2D eigenvalue weighted by Gasteiger charge is 2.25. The van der Waals surface area contributed by atoms with Crippen LogP contribution in [0, 0.1) is 0 Å². The van der Waals surface area contributed by atoms with Crippen LogP contribution >= 0.6 is 0 Å². The van der Waals surface area contributed by atoms with Crippen LogP contribution in [-0.2, 0) is 14.8 Å². The van der Waals surface area contributed by atoms with Crippen LogP contribution in [0.1, 0.15) is 23.4 Å². The Morgan fingerprint density at radius 2 is 2.32 bits per heavy atom. The number of nitrogens with one attached hydrogen (secondary N) is 2. The number of methoxy groups -OCH3 is 1. The van der Waals surface area contributed by atoms with Crippen LogP contribution in [0.15, 0.2) is 21.6 Å². The largest absolute Gasteiger partial charge is 0.463 e. The summed E-state index contributed by atoms with van der Waals surface area (Å²) in [4.78, 5) is 11.2. The Balaban J connectivity index is 2.10. The molecule has 0 saturated carbocycles. The first-order chi connectivity index (χ1) is 9.03. The highest BCUT2D eigenvalue weighted by Crippen LogP contribution is 2.16. The normalized spacial score (nSPS) is 20.2. The molecule has 0 aromatic carbocycles. The summed E-state index contributed by atoms with van der Waals surface area (Å²) in [6.45, 7) is 1.48. The van der Waals surface area contributed by atoms with E-state index < -0.39 is 16.0 Å². The summed E-state index contributed by atoms with van der Waals surface area (Å²) in [5.74, 6) is -0.842. The van der Waals surface area contributed by atoms with Crippen molar-refractivity contribution < 1.29 is 22.4 Å². The summed E-state index contributed by atoms with van der Waals surface area (Å²) in [6, 6.07) is 2.36. The van der Waals surface area contributed by atoms with Gasteiger partial charge < -0.3 is 14.5 Å². The molecule has 1 saturated heterocycles. The molecular weight excluding hydrogens is 272 g/mol. The number of ether oxygens (including phenoxy) is 1. The van der Waals surface area contributed by atoms with Crippen molar-refractivity contribution in [2.45, 2.75) is 24.0 Å². The molecule has 0 aliphatic carbocycles. The van der Waals surface area contributed by atoms with E-state index in [2.05, 4.69) is 14.8 Å². The van der Waals surface area contributed by atoms with Gasteiger partial charge in [0.2, 0.25) is 10.9 Å². The highest BCUT2D eigenvalue weighted by atomic mass is 32.2. The maximum absolute atomic E-state index is 12.0. The molecule has 2 rings (SSSR count). The van der Waals surface area contributed by atoms with E-state index in [1.165, 1.54) is 19.2 Å². The standard InChI is InChI=1S/C11H16N2O5S/c1-17-11(14)9-4-5-10(18-9)19(15,16)13-8-3-2-6-12-7-8/h4-5,8,12-13H,2-3,6-7H2,1H3. The number of hydrogen-bond donors (Lipinski definition) is 2. The fourth-order valence-corrected chi connectivity index (χ4v) is 3.11. The molecule has 0 radical (unpaired) electrons. The number of hydrogen-bond acceptors (Lipinski definition) is 6. The number of esters is 1. The molecule has 1 atom stereocenters. The Labute approximate surface area is 111 Å². The predicted molar refractivity (Wildman–Crippen MR) is 66.3 cm³/mol. The minimum atomic E-state index is -3.75. The van der Waals surface area contributed by atoms with Gasteiger partial charge in [0.05, 0.1) is 7.11 Å². The third-order valence-corrected chi connectivity index (χ3v) is 4.24. The van der Waals surface area contributed by atoms with Gasteiger partial charge in [-0.2, -0.15) is 0 Å². The van der Waals surface area contributed by atoms with Gasteiger partial charge in [-0.05, 0) is 31.5 Å². The minimum absolute atomic E-state index is 0.135. The van der Waals surface area contributed by atoms with Gasteiger partial charge in [-0.3, -0.25) is 0 Å². The molecular formula is C11H16N2O5S. The van der Waals surface area contributed by atoms with Crippen molar-refractivity contribution in [2.75, 3.05) is 20.2 Å². The number of rotatable bonds is 4. The second-order valence-electron chi connectivity index (χ2n) is 4.27. The number of furan rings is 1. The van der Waals surface area contributed by atoms with Crippen LogP contribution in [0.2, 0.25) is 0 Å². The topological polar surface area (TPSA) is 97.6 Å². The summed E-state index contributed by atoms with van der Waals surface area (Å²) in [5, 5.41) is 2.83. The van der Waals surface area contributed by atoms with E-state index in [0.717, 1.165) is 19.4 Å². The van der Waals surface area contributed by atoms with Crippen molar-refractivity contribution in [1.29, 1.82) is 0 Å². The average molecular weight is 288 g/mol. The van der Waals surface area contributed by atoms with Crippen LogP contribution in [-0.4, -0.2) is 40.6 Å². The fraction of sp³-hybridized carbons (Fsp3) is 0.545. The zero-order valence-corrected chi connectivity index (χ0v) is 11.3.